The second-order valence-electron chi connectivity index (χ2n) is 7.24. The molecule has 0 bridgehead atoms. The molecule has 0 unspecified atom stereocenters. The lowest BCUT2D eigenvalue weighted by Gasteiger charge is -2.21. The summed E-state index contributed by atoms with van der Waals surface area (Å²) in [6, 6.07) is 29.5. The molecule has 0 aliphatic carbocycles. The van der Waals surface area contributed by atoms with Crippen LogP contribution in [0.2, 0.25) is 0 Å². The van der Waals surface area contributed by atoms with E-state index in [1.54, 1.807) is 22.7 Å². The Kier molecular flexibility index (Phi) is 6.18. The maximum Gasteiger partial charge on any atom is 0.310 e. The quantitative estimate of drug-likeness (QED) is 0.156. The zero-order chi connectivity index (χ0) is 21.9. The number of ether oxygens (including phenoxy) is 1. The number of thiophene rings is 2. The van der Waals surface area contributed by atoms with Crippen molar-refractivity contribution in [2.24, 2.45) is 0 Å². The molecule has 0 aliphatic rings. The summed E-state index contributed by atoms with van der Waals surface area (Å²) in [6.45, 7) is 1.82. The minimum Gasteiger partial charge on any atom is -0.426 e. The normalized spacial score (nSPS) is 11.2. The lowest BCUT2D eigenvalue weighted by Crippen LogP contribution is -2.19. The minimum absolute atomic E-state index is 0.224. The molecule has 0 saturated heterocycles. The number of hydrogen-bond donors (Lipinski definition) is 0. The van der Waals surface area contributed by atoms with Gasteiger partial charge in [0.05, 0.1) is 0 Å². The summed E-state index contributed by atoms with van der Waals surface area (Å²) in [5, 5.41) is 7.79. The largest absolute Gasteiger partial charge is 0.426 e. The second kappa shape index (κ2) is 9.38. The van der Waals surface area contributed by atoms with Gasteiger partial charge < -0.3 is 4.74 Å². The molecule has 0 spiro atoms. The first-order valence-corrected chi connectivity index (χ1v) is 13.6. The van der Waals surface area contributed by atoms with Gasteiger partial charge in [-0.05, 0) is 50.6 Å². The van der Waals surface area contributed by atoms with E-state index in [9.17, 15) is 4.79 Å². The van der Waals surface area contributed by atoms with Crippen molar-refractivity contribution in [1.29, 1.82) is 0 Å². The molecule has 0 saturated carbocycles. The number of carbonyl (C=O) groups is 1. The number of benzene rings is 3. The molecule has 2 heterocycles. The number of hydrogen-bond acceptors (Lipinski definition) is 4. The highest BCUT2D eigenvalue weighted by Crippen LogP contribution is 2.44. The van der Waals surface area contributed by atoms with Crippen LogP contribution in [0.1, 0.15) is 13.3 Å². The Bertz CT molecular complexity index is 1320. The van der Waals surface area contributed by atoms with Crippen molar-refractivity contribution in [3.8, 4) is 16.9 Å². The summed E-state index contributed by atoms with van der Waals surface area (Å²) in [7, 11) is -0.712. The van der Waals surface area contributed by atoms with Crippen LogP contribution in [0.15, 0.2) is 95.7 Å². The van der Waals surface area contributed by atoms with E-state index < -0.39 is 7.92 Å². The van der Waals surface area contributed by atoms with E-state index in [1.807, 2.05) is 31.2 Å². The van der Waals surface area contributed by atoms with Gasteiger partial charge in [-0.1, -0.05) is 73.7 Å². The predicted molar refractivity (Wildman–Crippen MR) is 140 cm³/mol. The fourth-order valence-corrected chi connectivity index (χ4v) is 9.12. The van der Waals surface area contributed by atoms with Gasteiger partial charge in [-0.15, -0.1) is 22.7 Å². The van der Waals surface area contributed by atoms with E-state index in [2.05, 4.69) is 71.4 Å². The first-order chi connectivity index (χ1) is 15.8. The van der Waals surface area contributed by atoms with Gasteiger partial charge >= 0.3 is 5.97 Å². The van der Waals surface area contributed by atoms with E-state index in [4.69, 9.17) is 4.74 Å². The molecular weight excluding hydrogens is 451 g/mol. The molecule has 0 radical (unpaired) electrons. The van der Waals surface area contributed by atoms with Crippen molar-refractivity contribution >= 4 is 61.9 Å². The number of esters is 1. The predicted octanol–water partition coefficient (Wildman–Crippen LogP) is 6.70. The van der Waals surface area contributed by atoms with Gasteiger partial charge in [0.1, 0.15) is 5.75 Å². The Hall–Kier alpha value is -2.78. The van der Waals surface area contributed by atoms with Gasteiger partial charge in [-0.2, -0.15) is 0 Å². The molecule has 2 nitrogen and oxygen atoms in total. The fraction of sp³-hybridized carbons (Fsp3) is 0.0741. The molecule has 0 atom stereocenters. The van der Waals surface area contributed by atoms with Crippen LogP contribution in [0.5, 0.6) is 5.75 Å². The van der Waals surface area contributed by atoms with Gasteiger partial charge in [0.2, 0.25) is 0 Å². The lowest BCUT2D eigenvalue weighted by atomic mass is 9.97. The summed E-state index contributed by atoms with van der Waals surface area (Å²) < 4.78 is 8.57. The molecule has 0 aliphatic heterocycles. The fourth-order valence-electron chi connectivity index (χ4n) is 3.83. The van der Waals surface area contributed by atoms with Gasteiger partial charge in [0, 0.05) is 29.1 Å². The highest BCUT2D eigenvalue weighted by molar-refractivity contribution is 7.87. The van der Waals surface area contributed by atoms with Gasteiger partial charge in [0.15, 0.2) is 0 Å². The maximum atomic E-state index is 12.3. The van der Waals surface area contributed by atoms with Crippen molar-refractivity contribution in [2.45, 2.75) is 13.3 Å². The Morgan fingerprint density at radius 1 is 0.812 bits per heavy atom. The Morgan fingerprint density at radius 3 is 2.19 bits per heavy atom. The first kappa shape index (κ1) is 21.1. The number of fused-ring (bicyclic) bond motifs is 1. The minimum atomic E-state index is -0.712. The van der Waals surface area contributed by atoms with Crippen LogP contribution in [0.4, 0.5) is 0 Å². The van der Waals surface area contributed by atoms with E-state index >= 15 is 0 Å². The van der Waals surface area contributed by atoms with Crippen LogP contribution >= 0.6 is 30.6 Å². The molecule has 2 aromatic heterocycles. The van der Waals surface area contributed by atoms with Gasteiger partial charge in [-0.25, -0.2) is 0 Å². The molecular formula is C27H21O2PS2. The zero-order valence-electron chi connectivity index (χ0n) is 17.5. The van der Waals surface area contributed by atoms with Crippen LogP contribution < -0.4 is 19.3 Å². The molecule has 0 amide bonds. The van der Waals surface area contributed by atoms with Crippen LogP contribution in [0, 0.1) is 0 Å². The summed E-state index contributed by atoms with van der Waals surface area (Å²) in [6.07, 6.45) is 0.338. The summed E-state index contributed by atoms with van der Waals surface area (Å²) >= 11 is 3.60. The van der Waals surface area contributed by atoms with Gasteiger partial charge in [0.25, 0.3) is 0 Å². The van der Waals surface area contributed by atoms with Crippen LogP contribution in [0.3, 0.4) is 0 Å². The number of rotatable bonds is 6. The SMILES string of the molecule is CCC(=O)Oc1ccc2ccccc2c1-c1ccccc1P(c1cccs1)c1cccs1. The van der Waals surface area contributed by atoms with Crippen LogP contribution in [-0.2, 0) is 4.79 Å². The van der Waals surface area contributed by atoms with Crippen LogP contribution in [0.25, 0.3) is 21.9 Å². The maximum absolute atomic E-state index is 12.3. The second-order valence-corrected chi connectivity index (χ2v) is 11.9. The standard InChI is InChI=1S/C27H21O2PS2/c1-2-24(28)29-22-16-15-19-9-3-4-10-20(19)27(22)21-11-5-6-12-23(21)30(25-13-7-17-31-25)26-14-8-18-32-26/h3-18H,2H2,1H3. The Labute approximate surface area is 196 Å². The monoisotopic (exact) mass is 472 g/mol. The van der Waals surface area contributed by atoms with Gasteiger partial charge in [-0.3, -0.25) is 4.79 Å². The third-order valence-corrected chi connectivity index (χ3v) is 10.4. The van der Waals surface area contributed by atoms with E-state index in [0.717, 1.165) is 21.9 Å². The van der Waals surface area contributed by atoms with Crippen LogP contribution in [-0.4, -0.2) is 5.97 Å². The lowest BCUT2D eigenvalue weighted by molar-refractivity contribution is -0.133. The third kappa shape index (κ3) is 4.02. The molecule has 32 heavy (non-hydrogen) atoms. The Balaban J connectivity index is 1.79. The molecule has 158 valence electrons. The number of carbonyl (C=O) groups excluding carboxylic acids is 1. The molecule has 5 aromatic rings. The van der Waals surface area contributed by atoms with Crippen molar-refractivity contribution in [1.82, 2.24) is 0 Å². The zero-order valence-corrected chi connectivity index (χ0v) is 20.1. The molecule has 0 N–H and O–H groups in total. The molecule has 5 heteroatoms. The van der Waals surface area contributed by atoms with Crippen molar-refractivity contribution in [2.75, 3.05) is 0 Å². The van der Waals surface area contributed by atoms with Crippen molar-refractivity contribution < 1.29 is 9.53 Å². The van der Waals surface area contributed by atoms with Crippen molar-refractivity contribution in [3.63, 3.8) is 0 Å². The topological polar surface area (TPSA) is 26.3 Å². The molecule has 3 aromatic carbocycles. The van der Waals surface area contributed by atoms with E-state index in [0.29, 0.717) is 12.2 Å². The smallest absolute Gasteiger partial charge is 0.310 e. The average molecular weight is 473 g/mol. The Morgan fingerprint density at radius 2 is 1.50 bits per heavy atom. The average Bonchev–Trinajstić information content (AvgIpc) is 3.55. The first-order valence-electron chi connectivity index (χ1n) is 10.4. The molecule has 5 rings (SSSR count). The van der Waals surface area contributed by atoms with E-state index in [-0.39, 0.29) is 5.97 Å². The van der Waals surface area contributed by atoms with E-state index in [1.165, 1.54) is 14.5 Å². The summed E-state index contributed by atoms with van der Waals surface area (Å²) in [5.41, 5.74) is 2.11. The highest BCUT2D eigenvalue weighted by Gasteiger charge is 2.24. The third-order valence-electron chi connectivity index (χ3n) is 5.27. The summed E-state index contributed by atoms with van der Waals surface area (Å²) in [5.74, 6) is 0.396. The summed E-state index contributed by atoms with van der Waals surface area (Å²) in [4.78, 5) is 12.3. The molecule has 0 fully saturated rings. The van der Waals surface area contributed by atoms with Crippen molar-refractivity contribution in [3.05, 3.63) is 95.7 Å². The highest BCUT2D eigenvalue weighted by atomic mass is 32.1.